The molecule has 0 amide bonds. The van der Waals surface area contributed by atoms with Gasteiger partial charge in [-0.2, -0.15) is 4.98 Å². The number of ether oxygens (including phenoxy) is 2. The molecule has 3 heterocycles. The standard InChI is InChI=1S/C14H23N3O3/c1-2-5-15-12-9-19-8-11(12)14-16-13(17-20-14)10-4-3-6-18-7-10/h10-12,15H,2-9H2,1H3. The zero-order valence-electron chi connectivity index (χ0n) is 12.0. The van der Waals surface area contributed by atoms with Crippen LogP contribution in [0.4, 0.5) is 0 Å². The van der Waals surface area contributed by atoms with E-state index < -0.39 is 0 Å². The zero-order chi connectivity index (χ0) is 13.8. The molecule has 1 N–H and O–H groups in total. The van der Waals surface area contributed by atoms with Crippen LogP contribution in [-0.2, 0) is 9.47 Å². The van der Waals surface area contributed by atoms with E-state index in [0.717, 1.165) is 44.8 Å². The van der Waals surface area contributed by atoms with Crippen LogP contribution in [0.1, 0.15) is 49.7 Å². The van der Waals surface area contributed by atoms with E-state index in [1.807, 2.05) is 0 Å². The summed E-state index contributed by atoms with van der Waals surface area (Å²) in [4.78, 5) is 4.60. The van der Waals surface area contributed by atoms with Crippen molar-refractivity contribution in [2.45, 2.75) is 44.1 Å². The highest BCUT2D eigenvalue weighted by Gasteiger charge is 2.34. The van der Waals surface area contributed by atoms with Gasteiger partial charge in [-0.1, -0.05) is 12.1 Å². The normalized spacial score (nSPS) is 30.8. The lowest BCUT2D eigenvalue weighted by atomic mass is 10.0. The van der Waals surface area contributed by atoms with Gasteiger partial charge in [0.2, 0.25) is 5.89 Å². The molecule has 1 aromatic heterocycles. The van der Waals surface area contributed by atoms with Gasteiger partial charge in [-0.3, -0.25) is 0 Å². The third-order valence-corrected chi connectivity index (χ3v) is 4.04. The molecule has 2 aliphatic heterocycles. The molecular weight excluding hydrogens is 258 g/mol. The fourth-order valence-corrected chi connectivity index (χ4v) is 2.84. The van der Waals surface area contributed by atoms with Gasteiger partial charge in [-0.15, -0.1) is 0 Å². The summed E-state index contributed by atoms with van der Waals surface area (Å²) in [6.07, 6.45) is 3.26. The molecule has 0 aromatic carbocycles. The minimum Gasteiger partial charge on any atom is -0.381 e. The summed E-state index contributed by atoms with van der Waals surface area (Å²) in [5.74, 6) is 1.95. The highest BCUT2D eigenvalue weighted by atomic mass is 16.5. The van der Waals surface area contributed by atoms with Crippen molar-refractivity contribution >= 4 is 0 Å². The first-order chi connectivity index (χ1) is 9.88. The van der Waals surface area contributed by atoms with Crippen molar-refractivity contribution in [2.24, 2.45) is 0 Å². The molecule has 0 radical (unpaired) electrons. The van der Waals surface area contributed by atoms with Crippen molar-refractivity contribution in [1.29, 1.82) is 0 Å². The fraction of sp³-hybridized carbons (Fsp3) is 0.857. The second-order valence-corrected chi connectivity index (χ2v) is 5.61. The maximum absolute atomic E-state index is 5.56. The van der Waals surface area contributed by atoms with Crippen molar-refractivity contribution in [3.05, 3.63) is 11.7 Å². The van der Waals surface area contributed by atoms with E-state index in [9.17, 15) is 0 Å². The van der Waals surface area contributed by atoms with Crippen LogP contribution in [0.5, 0.6) is 0 Å². The lowest BCUT2D eigenvalue weighted by Gasteiger charge is -2.18. The molecule has 3 rings (SSSR count). The lowest BCUT2D eigenvalue weighted by molar-refractivity contribution is 0.0773. The summed E-state index contributed by atoms with van der Waals surface area (Å²) in [5.41, 5.74) is 0. The fourth-order valence-electron chi connectivity index (χ4n) is 2.84. The number of hydrogen-bond donors (Lipinski definition) is 1. The van der Waals surface area contributed by atoms with Gasteiger partial charge in [-0.25, -0.2) is 0 Å². The van der Waals surface area contributed by atoms with E-state index >= 15 is 0 Å². The number of hydrogen-bond acceptors (Lipinski definition) is 6. The van der Waals surface area contributed by atoms with Gasteiger partial charge in [0.05, 0.1) is 25.7 Å². The van der Waals surface area contributed by atoms with Crippen molar-refractivity contribution in [3.63, 3.8) is 0 Å². The van der Waals surface area contributed by atoms with Crippen molar-refractivity contribution in [3.8, 4) is 0 Å². The van der Waals surface area contributed by atoms with Crippen LogP contribution >= 0.6 is 0 Å². The molecule has 6 heteroatoms. The lowest BCUT2D eigenvalue weighted by Crippen LogP contribution is -2.35. The van der Waals surface area contributed by atoms with Crippen molar-refractivity contribution in [2.75, 3.05) is 33.0 Å². The maximum atomic E-state index is 5.56. The second-order valence-electron chi connectivity index (χ2n) is 5.61. The third-order valence-electron chi connectivity index (χ3n) is 4.04. The molecule has 1 aromatic rings. The molecular formula is C14H23N3O3. The monoisotopic (exact) mass is 281 g/mol. The minimum absolute atomic E-state index is 0.173. The molecule has 2 saturated heterocycles. The van der Waals surface area contributed by atoms with Gasteiger partial charge in [-0.05, 0) is 25.8 Å². The Kier molecular flexibility index (Phi) is 4.65. The third kappa shape index (κ3) is 3.02. The predicted molar refractivity (Wildman–Crippen MR) is 72.7 cm³/mol. The molecule has 0 aliphatic carbocycles. The summed E-state index contributed by atoms with van der Waals surface area (Å²) in [6.45, 7) is 6.07. The van der Waals surface area contributed by atoms with E-state index in [0.29, 0.717) is 19.1 Å². The highest BCUT2D eigenvalue weighted by molar-refractivity contribution is 5.05. The molecule has 0 bridgehead atoms. The Bertz CT molecular complexity index is 418. The Morgan fingerprint density at radius 3 is 3.00 bits per heavy atom. The Balaban J connectivity index is 1.65. The molecule has 20 heavy (non-hydrogen) atoms. The average Bonchev–Trinajstić information content (AvgIpc) is 3.14. The van der Waals surface area contributed by atoms with Gasteiger partial charge in [0.25, 0.3) is 0 Å². The number of aromatic nitrogens is 2. The number of nitrogens with zero attached hydrogens (tertiary/aromatic N) is 2. The van der Waals surface area contributed by atoms with Crippen LogP contribution in [-0.4, -0.2) is 49.2 Å². The van der Waals surface area contributed by atoms with Crippen LogP contribution < -0.4 is 5.32 Å². The molecule has 2 fully saturated rings. The number of nitrogens with one attached hydrogen (secondary N) is 1. The van der Waals surface area contributed by atoms with E-state index in [1.165, 1.54) is 0 Å². The minimum atomic E-state index is 0.173. The predicted octanol–water partition coefficient (Wildman–Crippen LogP) is 1.45. The van der Waals surface area contributed by atoms with Crippen LogP contribution in [0.3, 0.4) is 0 Å². The van der Waals surface area contributed by atoms with Gasteiger partial charge >= 0.3 is 0 Å². The van der Waals surface area contributed by atoms with Crippen molar-refractivity contribution in [1.82, 2.24) is 15.5 Å². The first-order valence-corrected chi connectivity index (χ1v) is 7.61. The quantitative estimate of drug-likeness (QED) is 0.881. The Hall–Kier alpha value is -0.980. The topological polar surface area (TPSA) is 69.4 Å². The Morgan fingerprint density at radius 2 is 2.20 bits per heavy atom. The first-order valence-electron chi connectivity index (χ1n) is 7.61. The van der Waals surface area contributed by atoms with Crippen LogP contribution in [0.15, 0.2) is 4.52 Å². The summed E-state index contributed by atoms with van der Waals surface area (Å²) in [6, 6.07) is 0.283. The van der Waals surface area contributed by atoms with Gasteiger partial charge < -0.3 is 19.3 Å². The smallest absolute Gasteiger partial charge is 0.233 e. The largest absolute Gasteiger partial charge is 0.381 e. The van der Waals surface area contributed by atoms with Crippen LogP contribution in [0.2, 0.25) is 0 Å². The molecule has 3 atom stereocenters. The summed E-state index contributed by atoms with van der Waals surface area (Å²) < 4.78 is 16.5. The van der Waals surface area contributed by atoms with Gasteiger partial charge in [0, 0.05) is 18.6 Å². The van der Waals surface area contributed by atoms with E-state index in [4.69, 9.17) is 14.0 Å². The molecule has 0 saturated carbocycles. The SMILES string of the molecule is CCCNC1COCC1c1nc(C2CCCOC2)no1. The Labute approximate surface area is 119 Å². The first kappa shape index (κ1) is 14.0. The van der Waals surface area contributed by atoms with Gasteiger partial charge in [0.1, 0.15) is 0 Å². The molecule has 6 nitrogen and oxygen atoms in total. The average molecular weight is 281 g/mol. The highest BCUT2D eigenvalue weighted by Crippen LogP contribution is 2.28. The summed E-state index contributed by atoms with van der Waals surface area (Å²) in [7, 11) is 0. The summed E-state index contributed by atoms with van der Waals surface area (Å²) in [5, 5.41) is 7.64. The molecule has 112 valence electrons. The molecule has 0 spiro atoms. The van der Waals surface area contributed by atoms with E-state index in [2.05, 4.69) is 22.4 Å². The molecule has 2 aliphatic rings. The molecule has 3 unspecified atom stereocenters. The Morgan fingerprint density at radius 1 is 1.25 bits per heavy atom. The van der Waals surface area contributed by atoms with Crippen LogP contribution in [0, 0.1) is 0 Å². The van der Waals surface area contributed by atoms with E-state index in [1.54, 1.807) is 0 Å². The zero-order valence-corrected chi connectivity index (χ0v) is 12.0. The van der Waals surface area contributed by atoms with Gasteiger partial charge in [0.15, 0.2) is 5.82 Å². The summed E-state index contributed by atoms with van der Waals surface area (Å²) >= 11 is 0. The van der Waals surface area contributed by atoms with Crippen LogP contribution in [0.25, 0.3) is 0 Å². The second kappa shape index (κ2) is 6.65. The van der Waals surface area contributed by atoms with Crippen molar-refractivity contribution < 1.29 is 14.0 Å². The maximum Gasteiger partial charge on any atom is 0.233 e. The number of rotatable bonds is 5. The van der Waals surface area contributed by atoms with E-state index in [-0.39, 0.29) is 17.9 Å².